The molecule has 5 atom stereocenters. The second-order valence-corrected chi connectivity index (χ2v) is 8.24. The first kappa shape index (κ1) is 23.8. The number of allylic oxidation sites excluding steroid dienone is 2. The smallest absolute Gasteiger partial charge is 0.481 e. The van der Waals surface area contributed by atoms with Crippen molar-refractivity contribution >= 4 is 12.1 Å². The van der Waals surface area contributed by atoms with E-state index in [0.717, 1.165) is 24.8 Å². The van der Waals surface area contributed by atoms with Gasteiger partial charge in [0.15, 0.2) is 0 Å². The lowest BCUT2D eigenvalue weighted by atomic mass is 9.90. The van der Waals surface area contributed by atoms with Crippen LogP contribution in [-0.2, 0) is 25.6 Å². The zero-order chi connectivity index (χ0) is 22.9. The summed E-state index contributed by atoms with van der Waals surface area (Å²) in [6, 6.07) is 3.45. The van der Waals surface area contributed by atoms with Gasteiger partial charge >= 0.3 is 12.1 Å². The summed E-state index contributed by atoms with van der Waals surface area (Å²) in [7, 11) is 1.53. The highest BCUT2D eigenvalue weighted by molar-refractivity contribution is 5.82. The van der Waals surface area contributed by atoms with E-state index in [0.29, 0.717) is 18.7 Å². The molecule has 0 radical (unpaired) electrons. The summed E-state index contributed by atoms with van der Waals surface area (Å²) >= 11 is 0. The fourth-order valence-electron chi connectivity index (χ4n) is 4.10. The third-order valence-corrected chi connectivity index (χ3v) is 5.80. The minimum absolute atomic E-state index is 0.0347. The molecule has 0 saturated heterocycles. The Morgan fingerprint density at radius 2 is 2.12 bits per heavy atom. The van der Waals surface area contributed by atoms with E-state index >= 15 is 0 Å². The lowest BCUT2D eigenvalue weighted by Gasteiger charge is -2.19. The van der Waals surface area contributed by atoms with Crippen LogP contribution in [0.1, 0.15) is 44.6 Å². The molecule has 1 aliphatic carbocycles. The Balaban J connectivity index is 1.56. The zero-order valence-electron chi connectivity index (χ0n) is 18.5. The lowest BCUT2D eigenvalue weighted by molar-refractivity contribution is -0.142. The monoisotopic (exact) mass is 445 g/mol. The summed E-state index contributed by atoms with van der Waals surface area (Å²) in [6.45, 7) is 1.91. The Kier molecular flexibility index (Phi) is 8.67. The van der Waals surface area contributed by atoms with Crippen LogP contribution < -0.4 is 4.74 Å². The van der Waals surface area contributed by atoms with Crippen LogP contribution in [0.5, 0.6) is 5.88 Å². The van der Waals surface area contributed by atoms with Gasteiger partial charge in [0, 0.05) is 23.9 Å². The number of nitrogens with zero attached hydrogens (tertiary/aromatic N) is 1. The molecule has 32 heavy (non-hydrogen) atoms. The van der Waals surface area contributed by atoms with Crippen LogP contribution in [0.3, 0.4) is 0 Å². The average Bonchev–Trinajstić information content (AvgIpc) is 3.18. The van der Waals surface area contributed by atoms with Crippen molar-refractivity contribution in [3.8, 4) is 5.88 Å². The molecule has 1 fully saturated rings. The number of methoxy groups -OCH3 is 1. The number of aliphatic hydroxyl groups excluding tert-OH is 1. The van der Waals surface area contributed by atoms with Gasteiger partial charge in [0.1, 0.15) is 12.7 Å². The van der Waals surface area contributed by atoms with Crippen LogP contribution in [0.25, 0.3) is 0 Å². The van der Waals surface area contributed by atoms with Crippen molar-refractivity contribution in [3.05, 3.63) is 48.2 Å². The molecule has 1 saturated carbocycles. The highest BCUT2D eigenvalue weighted by atomic mass is 16.7. The van der Waals surface area contributed by atoms with Gasteiger partial charge in [-0.1, -0.05) is 12.2 Å². The Morgan fingerprint density at radius 1 is 1.28 bits per heavy atom. The number of cyclic esters (lactones) is 1. The summed E-state index contributed by atoms with van der Waals surface area (Å²) in [5, 5.41) is 10.6. The standard InChI is InChI=1S/C24H31NO7/c1-16-6-4-3-5-7-18-12-19(13-20(18)21(26)9-11-23(27)31-16)32-24(28)30-15-17-8-10-22(29-2)25-14-17/h5,7-11,14,16,18-21,26H,3-4,6,12-13,15H2,1-2H3/b7-5+,11-9+/t16-,18+,19-,20+,21+/m0/s1. The first-order valence-electron chi connectivity index (χ1n) is 11.0. The highest BCUT2D eigenvalue weighted by Gasteiger charge is 2.38. The quantitative estimate of drug-likeness (QED) is 0.552. The van der Waals surface area contributed by atoms with E-state index in [1.54, 1.807) is 18.3 Å². The minimum atomic E-state index is -0.844. The van der Waals surface area contributed by atoms with Gasteiger partial charge in [-0.05, 0) is 63.0 Å². The number of fused-ring (bicyclic) bond motifs is 1. The van der Waals surface area contributed by atoms with Gasteiger partial charge < -0.3 is 24.1 Å². The maximum Gasteiger partial charge on any atom is 0.508 e. The number of esters is 1. The number of aliphatic hydroxyl groups is 1. The predicted octanol–water partition coefficient (Wildman–Crippen LogP) is 3.73. The summed E-state index contributed by atoms with van der Waals surface area (Å²) in [5.74, 6) is -0.110. The van der Waals surface area contributed by atoms with Crippen molar-refractivity contribution < 1.29 is 33.6 Å². The number of hydrogen-bond acceptors (Lipinski definition) is 8. The number of carbonyl (C=O) groups excluding carboxylic acids is 2. The van der Waals surface area contributed by atoms with E-state index in [2.05, 4.69) is 17.1 Å². The van der Waals surface area contributed by atoms with Gasteiger partial charge in [-0.3, -0.25) is 0 Å². The number of pyridine rings is 1. The van der Waals surface area contributed by atoms with Gasteiger partial charge in [-0.15, -0.1) is 0 Å². The fourth-order valence-corrected chi connectivity index (χ4v) is 4.10. The van der Waals surface area contributed by atoms with E-state index < -0.39 is 18.2 Å². The molecule has 2 heterocycles. The summed E-state index contributed by atoms with van der Waals surface area (Å²) in [6.07, 6.45) is 9.98. The molecule has 1 aromatic heterocycles. The third-order valence-electron chi connectivity index (χ3n) is 5.80. The third kappa shape index (κ3) is 7.09. The van der Waals surface area contributed by atoms with Crippen LogP contribution in [0.2, 0.25) is 0 Å². The van der Waals surface area contributed by atoms with Crippen molar-refractivity contribution in [1.82, 2.24) is 4.98 Å². The van der Waals surface area contributed by atoms with Crippen LogP contribution in [0.15, 0.2) is 42.6 Å². The Labute approximate surface area is 188 Å². The number of hydrogen-bond donors (Lipinski definition) is 1. The summed E-state index contributed by atoms with van der Waals surface area (Å²) in [5.41, 5.74) is 0.719. The maximum absolute atomic E-state index is 12.2. The first-order chi connectivity index (χ1) is 15.4. The number of ether oxygens (including phenoxy) is 4. The molecule has 0 bridgehead atoms. The van der Waals surface area contributed by atoms with Gasteiger partial charge in [-0.2, -0.15) is 0 Å². The summed E-state index contributed by atoms with van der Waals surface area (Å²) in [4.78, 5) is 28.2. The van der Waals surface area contributed by atoms with Crippen LogP contribution in [-0.4, -0.2) is 47.6 Å². The molecule has 0 spiro atoms. The van der Waals surface area contributed by atoms with Gasteiger partial charge in [0.25, 0.3) is 0 Å². The minimum Gasteiger partial charge on any atom is -0.481 e. The van der Waals surface area contributed by atoms with Gasteiger partial charge in [-0.25, -0.2) is 14.6 Å². The van der Waals surface area contributed by atoms with Crippen molar-refractivity contribution in [2.75, 3.05) is 7.11 Å². The molecular formula is C24H31NO7. The van der Waals surface area contributed by atoms with Gasteiger partial charge in [0.05, 0.1) is 19.3 Å². The number of aromatic nitrogens is 1. The molecule has 1 N–H and O–H groups in total. The molecule has 2 aliphatic rings. The van der Waals surface area contributed by atoms with Gasteiger partial charge in [0.2, 0.25) is 5.88 Å². The SMILES string of the molecule is COc1ccc(COC(=O)O[C@@H]2C[C@H]3[C@H](O)/C=C/C(=O)O[C@@H](C)CCC/C=C/[C@@H]3C2)cn1. The van der Waals surface area contributed by atoms with Crippen molar-refractivity contribution in [3.63, 3.8) is 0 Å². The molecule has 0 amide bonds. The normalized spacial score (nSPS) is 30.5. The molecule has 0 aromatic carbocycles. The van der Waals surface area contributed by atoms with E-state index in [1.165, 1.54) is 19.3 Å². The molecule has 0 unspecified atom stereocenters. The number of rotatable bonds is 4. The van der Waals surface area contributed by atoms with E-state index in [9.17, 15) is 14.7 Å². The van der Waals surface area contributed by atoms with E-state index in [4.69, 9.17) is 18.9 Å². The summed E-state index contributed by atoms with van der Waals surface area (Å²) < 4.78 is 21.0. The van der Waals surface area contributed by atoms with E-state index in [1.807, 2.05) is 6.92 Å². The number of carbonyl (C=O) groups is 2. The molecule has 8 nitrogen and oxygen atoms in total. The Bertz CT molecular complexity index is 820. The predicted molar refractivity (Wildman–Crippen MR) is 116 cm³/mol. The molecule has 1 aromatic rings. The van der Waals surface area contributed by atoms with Crippen molar-refractivity contribution in [2.45, 2.75) is 63.9 Å². The second kappa shape index (κ2) is 11.7. The molecular weight excluding hydrogens is 414 g/mol. The molecule has 8 heteroatoms. The zero-order valence-corrected chi connectivity index (χ0v) is 18.5. The Morgan fingerprint density at radius 3 is 2.88 bits per heavy atom. The lowest BCUT2D eigenvalue weighted by Crippen LogP contribution is -2.22. The van der Waals surface area contributed by atoms with Crippen LogP contribution >= 0.6 is 0 Å². The largest absolute Gasteiger partial charge is 0.508 e. The molecule has 1 aliphatic heterocycles. The molecule has 174 valence electrons. The van der Waals surface area contributed by atoms with Crippen LogP contribution in [0, 0.1) is 11.8 Å². The Hall–Kier alpha value is -2.87. The second-order valence-electron chi connectivity index (χ2n) is 8.24. The van der Waals surface area contributed by atoms with Crippen molar-refractivity contribution in [2.24, 2.45) is 11.8 Å². The van der Waals surface area contributed by atoms with Crippen LogP contribution in [0.4, 0.5) is 4.79 Å². The topological polar surface area (TPSA) is 104 Å². The highest BCUT2D eigenvalue weighted by Crippen LogP contribution is 2.38. The molecule has 3 rings (SSSR count). The fraction of sp³-hybridized carbons (Fsp3) is 0.542. The van der Waals surface area contributed by atoms with Crippen molar-refractivity contribution in [1.29, 1.82) is 0 Å². The average molecular weight is 446 g/mol. The maximum atomic E-state index is 12.2. The van der Waals surface area contributed by atoms with E-state index in [-0.39, 0.29) is 30.7 Å². The first-order valence-corrected chi connectivity index (χ1v) is 11.0.